The van der Waals surface area contributed by atoms with Gasteiger partial charge in [0.1, 0.15) is 6.54 Å². The molecule has 1 aromatic carbocycles. The molecule has 18 heteroatoms. The Morgan fingerprint density at radius 3 is 2.58 bits per heavy atom. The summed E-state index contributed by atoms with van der Waals surface area (Å²) in [5.41, 5.74) is -0.694. The molecule has 8 N–H and O–H groups in total. The number of nitriles is 1. The zero-order valence-electron chi connectivity index (χ0n) is 28.8. The van der Waals surface area contributed by atoms with Crippen molar-refractivity contribution in [3.8, 4) is 17.3 Å². The quantitative estimate of drug-likeness (QED) is 0.0977. The van der Waals surface area contributed by atoms with Crippen LogP contribution in [0.25, 0.3) is 16.9 Å². The lowest BCUT2D eigenvalue weighted by molar-refractivity contribution is -0.321. The summed E-state index contributed by atoms with van der Waals surface area (Å²) in [5, 5.41) is 43.0. The average molecular weight is 727 g/mol. The number of aromatic nitrogens is 5. The molecule has 1 saturated heterocycles. The number of carboxylic acid groups (broad SMARTS) is 2. The van der Waals surface area contributed by atoms with Crippen LogP contribution in [-0.2, 0) is 28.7 Å². The Morgan fingerprint density at radius 1 is 1.17 bits per heavy atom. The maximum absolute atomic E-state index is 13.8. The zero-order chi connectivity index (χ0) is 36.8. The number of fused-ring (bicyclic) bond motifs is 1. The average Bonchev–Trinajstić information content (AvgIpc) is 3.69. The van der Waals surface area contributed by atoms with Crippen LogP contribution in [-0.4, -0.2) is 66.7 Å². The number of carboxylic acids is 2. The molecule has 52 heavy (non-hydrogen) atoms. The van der Waals surface area contributed by atoms with Crippen LogP contribution < -0.4 is 27.2 Å². The largest absolute Gasteiger partial charge is 0.550 e. The molecular weight excluding hydrogens is 685 g/mol. The Bertz CT molecular complexity index is 1950. The molecule has 4 heterocycles. The van der Waals surface area contributed by atoms with Crippen molar-refractivity contribution in [2.24, 2.45) is 11.3 Å². The van der Waals surface area contributed by atoms with Gasteiger partial charge in [-0.15, -0.1) is 0 Å². The molecular formula is C34H41F3N10O5. The number of quaternary nitrogens is 1. The van der Waals surface area contributed by atoms with Crippen molar-refractivity contribution in [1.82, 2.24) is 40.9 Å². The Hall–Kier alpha value is -5.54. The Labute approximate surface area is 296 Å². The van der Waals surface area contributed by atoms with Gasteiger partial charge >= 0.3 is 12.1 Å². The van der Waals surface area contributed by atoms with E-state index in [-0.39, 0.29) is 60.1 Å². The van der Waals surface area contributed by atoms with Crippen molar-refractivity contribution < 1.29 is 37.8 Å². The van der Waals surface area contributed by atoms with Gasteiger partial charge in [-0.25, -0.2) is 9.97 Å². The molecule has 278 valence electrons. The third-order valence-electron chi connectivity index (χ3n) is 9.05. The van der Waals surface area contributed by atoms with Crippen LogP contribution in [0, 0.1) is 22.7 Å². The molecule has 1 aliphatic heterocycles. The molecule has 5 rings (SSSR count). The van der Waals surface area contributed by atoms with Crippen molar-refractivity contribution in [1.29, 1.82) is 5.26 Å². The number of hydrogen-bond acceptors (Lipinski definition) is 10. The Kier molecular flexibility index (Phi) is 12.6. The molecule has 1 aliphatic rings. The van der Waals surface area contributed by atoms with Gasteiger partial charge in [-0.2, -0.15) is 23.5 Å². The summed E-state index contributed by atoms with van der Waals surface area (Å²) in [6.07, 6.45) is 2.66. The standard InChI is InChI=1S/C34H38F3N9O5.H3N/c1-2-22-14-23(43-29-30-42-19-26(46(30)13-11-40-29)25-20-45(12-9-38)44-28(25)34(35,36)37)6-7-24(22)31(49)41-10-5-3-4-8-33(32(50)51,16-27(47)48)15-21-17-39-18-21;/h6-7,11,13-14,19-21,39H,2-5,8,10,12,15-18H2,1H3,(H,40,43)(H,41,49)(H,47,48)(H,50,51);1H3. The first-order valence-corrected chi connectivity index (χ1v) is 16.5. The number of hydrogen-bond donors (Lipinski definition) is 5. The van der Waals surface area contributed by atoms with E-state index < -0.39 is 35.6 Å². The van der Waals surface area contributed by atoms with E-state index in [9.17, 15) is 37.8 Å². The van der Waals surface area contributed by atoms with E-state index in [1.807, 2.05) is 6.92 Å². The first-order valence-electron chi connectivity index (χ1n) is 16.5. The second-order valence-electron chi connectivity index (χ2n) is 12.6. The smallest absolute Gasteiger partial charge is 0.435 e. The summed E-state index contributed by atoms with van der Waals surface area (Å²) in [4.78, 5) is 45.2. The fraction of sp³-hybridized carbons (Fsp3) is 0.441. The van der Waals surface area contributed by atoms with Crippen LogP contribution in [0.5, 0.6) is 0 Å². The number of imidazole rings is 1. The number of carbonyl (C=O) groups excluding carboxylic acids is 2. The number of benzene rings is 1. The molecule has 1 unspecified atom stereocenters. The molecule has 0 saturated carbocycles. The molecule has 4 aromatic rings. The third kappa shape index (κ3) is 8.84. The highest BCUT2D eigenvalue weighted by Crippen LogP contribution is 2.38. The minimum atomic E-state index is -4.76. The fourth-order valence-electron chi connectivity index (χ4n) is 6.42. The van der Waals surface area contributed by atoms with Gasteiger partial charge in [0.15, 0.2) is 17.2 Å². The van der Waals surface area contributed by atoms with E-state index in [0.29, 0.717) is 56.6 Å². The van der Waals surface area contributed by atoms with Crippen LogP contribution in [0.3, 0.4) is 0 Å². The molecule has 3 aromatic heterocycles. The molecule has 1 amide bonds. The minimum absolute atomic E-state index is 0. The fourth-order valence-corrected chi connectivity index (χ4v) is 6.42. The van der Waals surface area contributed by atoms with Crippen LogP contribution in [0.2, 0.25) is 0 Å². The highest BCUT2D eigenvalue weighted by atomic mass is 19.4. The van der Waals surface area contributed by atoms with Gasteiger partial charge < -0.3 is 37.1 Å². The van der Waals surface area contributed by atoms with Crippen molar-refractivity contribution in [2.75, 3.05) is 25.0 Å². The predicted octanol–water partition coefficient (Wildman–Crippen LogP) is 3.93. The topological polar surface area (TPSA) is 239 Å². The highest BCUT2D eigenvalue weighted by molar-refractivity contribution is 5.96. The number of carbonyl (C=O) groups is 3. The summed E-state index contributed by atoms with van der Waals surface area (Å²) in [5.74, 6) is -2.43. The lowest BCUT2D eigenvalue weighted by atomic mass is 9.71. The first kappa shape index (κ1) is 39.2. The summed E-state index contributed by atoms with van der Waals surface area (Å²) in [7, 11) is 0. The lowest BCUT2D eigenvalue weighted by Gasteiger charge is -2.40. The highest BCUT2D eigenvalue weighted by Gasteiger charge is 2.39. The number of nitrogens with one attached hydrogen (secondary N) is 3. The summed E-state index contributed by atoms with van der Waals surface area (Å²) in [6, 6.07) is 6.89. The molecule has 0 radical (unpaired) electrons. The molecule has 1 fully saturated rings. The number of aliphatic carboxylic acids is 2. The van der Waals surface area contributed by atoms with Gasteiger partial charge in [0.2, 0.25) is 0 Å². The summed E-state index contributed by atoms with van der Waals surface area (Å²) in [6.45, 7) is 3.19. The van der Waals surface area contributed by atoms with Crippen LogP contribution in [0.1, 0.15) is 67.1 Å². The molecule has 15 nitrogen and oxygen atoms in total. The van der Waals surface area contributed by atoms with Crippen molar-refractivity contribution in [2.45, 2.75) is 64.6 Å². The first-order chi connectivity index (χ1) is 24.3. The maximum Gasteiger partial charge on any atom is 0.435 e. The van der Waals surface area contributed by atoms with Crippen LogP contribution in [0.4, 0.5) is 24.7 Å². The van der Waals surface area contributed by atoms with Crippen LogP contribution in [0.15, 0.2) is 43.0 Å². The van der Waals surface area contributed by atoms with E-state index in [1.54, 1.807) is 24.3 Å². The Balaban J connectivity index is 0.00000605. The van der Waals surface area contributed by atoms with Gasteiger partial charge in [0.25, 0.3) is 5.91 Å². The van der Waals surface area contributed by atoms with Gasteiger partial charge in [0, 0.05) is 47.8 Å². The van der Waals surface area contributed by atoms with E-state index in [1.165, 1.54) is 23.0 Å². The van der Waals surface area contributed by atoms with Gasteiger partial charge in [-0.05, 0) is 68.5 Å². The number of unbranched alkanes of at least 4 members (excludes halogenated alkanes) is 2. The number of rotatable bonds is 17. The van der Waals surface area contributed by atoms with Crippen molar-refractivity contribution in [3.63, 3.8) is 0 Å². The molecule has 0 aliphatic carbocycles. The molecule has 0 spiro atoms. The number of amides is 1. The monoisotopic (exact) mass is 726 g/mol. The zero-order valence-corrected chi connectivity index (χ0v) is 28.8. The van der Waals surface area contributed by atoms with Gasteiger partial charge in [-0.1, -0.05) is 19.8 Å². The summed E-state index contributed by atoms with van der Waals surface area (Å²) >= 11 is 0. The third-order valence-corrected chi connectivity index (χ3v) is 9.05. The van der Waals surface area contributed by atoms with Crippen LogP contribution >= 0.6 is 0 Å². The van der Waals surface area contributed by atoms with E-state index >= 15 is 0 Å². The SMILES string of the molecule is CCc1cc(Nc2nccn3c(-c4cn(CC#N)nc4C(F)(F)F)cnc23)ccc1C(=O)NCCCCCC(CC(=O)O)(CC1CNC1)C(=O)[O-].[NH4+]. The van der Waals surface area contributed by atoms with Crippen molar-refractivity contribution in [3.05, 3.63) is 59.8 Å². The van der Waals surface area contributed by atoms with E-state index in [0.717, 1.165) is 16.4 Å². The normalized spacial score (nSPS) is 14.1. The Morgan fingerprint density at radius 2 is 1.94 bits per heavy atom. The van der Waals surface area contributed by atoms with Gasteiger partial charge in [0.05, 0.1) is 29.9 Å². The second kappa shape index (κ2) is 16.7. The van der Waals surface area contributed by atoms with E-state index in [4.69, 9.17) is 5.26 Å². The second-order valence-corrected chi connectivity index (χ2v) is 12.6. The van der Waals surface area contributed by atoms with Gasteiger partial charge in [-0.3, -0.25) is 18.7 Å². The number of halogens is 3. The number of nitrogens with zero attached hydrogens (tertiary/aromatic N) is 6. The number of aryl methyl sites for hydroxylation is 1. The number of anilines is 2. The predicted molar refractivity (Wildman–Crippen MR) is 181 cm³/mol. The summed E-state index contributed by atoms with van der Waals surface area (Å²) < 4.78 is 43.8. The van der Waals surface area contributed by atoms with E-state index in [2.05, 4.69) is 31.0 Å². The minimum Gasteiger partial charge on any atom is -0.550 e. The van der Waals surface area contributed by atoms with Crippen molar-refractivity contribution >= 4 is 35.0 Å². The number of alkyl halides is 3. The lowest BCUT2D eigenvalue weighted by Crippen LogP contribution is -2.50. The maximum atomic E-state index is 13.8. The molecule has 0 bridgehead atoms. The molecule has 1 atom stereocenters.